The van der Waals surface area contributed by atoms with Gasteiger partial charge < -0.3 is 10.2 Å². The molecule has 2 saturated heterocycles. The van der Waals surface area contributed by atoms with Crippen molar-refractivity contribution in [3.8, 4) is 0 Å². The minimum absolute atomic E-state index is 0.159. The Morgan fingerprint density at radius 3 is 2.44 bits per heavy atom. The molecule has 1 amide bonds. The summed E-state index contributed by atoms with van der Waals surface area (Å²) >= 11 is 0. The summed E-state index contributed by atoms with van der Waals surface area (Å²) in [6.07, 6.45) is 7.02. The average molecular weight is 394 g/mol. The molecular formula is C20H31N3O3S. The third-order valence-corrected chi connectivity index (χ3v) is 7.43. The van der Waals surface area contributed by atoms with Crippen LogP contribution >= 0.6 is 0 Å². The Bertz CT molecular complexity index is 702. The van der Waals surface area contributed by atoms with Gasteiger partial charge in [0.2, 0.25) is 15.9 Å². The number of rotatable bonds is 7. The van der Waals surface area contributed by atoms with Crippen LogP contribution in [-0.2, 0) is 14.8 Å². The number of hydrogen-bond donors (Lipinski definition) is 1. The molecule has 6 nitrogen and oxygen atoms in total. The van der Waals surface area contributed by atoms with Gasteiger partial charge in [0.25, 0.3) is 0 Å². The van der Waals surface area contributed by atoms with E-state index < -0.39 is 16.1 Å². The van der Waals surface area contributed by atoms with Gasteiger partial charge in [-0.3, -0.25) is 4.79 Å². The summed E-state index contributed by atoms with van der Waals surface area (Å²) in [4.78, 5) is 15.4. The molecule has 150 valence electrons. The fraction of sp³-hybridized carbons (Fsp3) is 0.650. The van der Waals surface area contributed by atoms with Crippen molar-refractivity contribution in [2.45, 2.75) is 55.9 Å². The first-order valence-corrected chi connectivity index (χ1v) is 11.6. The minimum atomic E-state index is -3.64. The number of nitrogens with zero attached hydrogens (tertiary/aromatic N) is 2. The summed E-state index contributed by atoms with van der Waals surface area (Å²) in [6, 6.07) is 7.81. The van der Waals surface area contributed by atoms with Gasteiger partial charge in [-0.05, 0) is 63.9 Å². The third-order valence-electron chi connectivity index (χ3n) is 5.51. The van der Waals surface area contributed by atoms with E-state index in [0.717, 1.165) is 38.9 Å². The molecule has 2 aliphatic rings. The molecule has 2 aliphatic heterocycles. The van der Waals surface area contributed by atoms with Crippen molar-refractivity contribution >= 4 is 15.9 Å². The van der Waals surface area contributed by atoms with Crippen LogP contribution in [0.5, 0.6) is 0 Å². The second kappa shape index (κ2) is 9.66. The van der Waals surface area contributed by atoms with Crippen LogP contribution in [0.1, 0.15) is 44.9 Å². The lowest BCUT2D eigenvalue weighted by molar-refractivity contribution is -0.125. The number of benzene rings is 1. The standard InChI is InChI=1S/C20H31N3O3S/c24-20(21-13-9-16-22-14-6-2-7-15-22)19-12-5-8-17-23(19)27(25,26)18-10-3-1-4-11-18/h1,3-4,10-11,19H,2,5-9,12-17H2,(H,21,24). The lowest BCUT2D eigenvalue weighted by atomic mass is 10.0. The molecule has 2 heterocycles. The Morgan fingerprint density at radius 1 is 1.00 bits per heavy atom. The van der Waals surface area contributed by atoms with E-state index in [-0.39, 0.29) is 10.8 Å². The van der Waals surface area contributed by atoms with Gasteiger partial charge in [-0.1, -0.05) is 31.0 Å². The highest BCUT2D eigenvalue weighted by molar-refractivity contribution is 7.89. The summed E-state index contributed by atoms with van der Waals surface area (Å²) in [5, 5.41) is 2.97. The van der Waals surface area contributed by atoms with Gasteiger partial charge in [-0.15, -0.1) is 0 Å². The average Bonchev–Trinajstić information content (AvgIpc) is 2.72. The zero-order valence-electron chi connectivity index (χ0n) is 16.0. The largest absolute Gasteiger partial charge is 0.355 e. The fourth-order valence-electron chi connectivity index (χ4n) is 4.00. The molecule has 1 aromatic carbocycles. The smallest absolute Gasteiger partial charge is 0.243 e. The van der Waals surface area contributed by atoms with Crippen molar-refractivity contribution in [1.29, 1.82) is 0 Å². The SMILES string of the molecule is O=C(NCCCN1CCCCC1)C1CCCCN1S(=O)(=O)c1ccccc1. The predicted molar refractivity (Wildman–Crippen MR) is 106 cm³/mol. The lowest BCUT2D eigenvalue weighted by Gasteiger charge is -2.33. The first-order valence-electron chi connectivity index (χ1n) is 10.2. The molecular weight excluding hydrogens is 362 g/mol. The first-order chi connectivity index (χ1) is 13.1. The molecule has 3 rings (SSSR count). The second-order valence-corrected chi connectivity index (χ2v) is 9.38. The Balaban J connectivity index is 1.55. The normalized spacial score (nSPS) is 22.4. The molecule has 0 spiro atoms. The number of amides is 1. The zero-order valence-corrected chi connectivity index (χ0v) is 16.8. The van der Waals surface area contributed by atoms with Crippen LogP contribution in [0.2, 0.25) is 0 Å². The van der Waals surface area contributed by atoms with Gasteiger partial charge in [0.1, 0.15) is 6.04 Å². The molecule has 2 fully saturated rings. The summed E-state index contributed by atoms with van der Waals surface area (Å²) in [7, 11) is -3.64. The Hall–Kier alpha value is -1.44. The van der Waals surface area contributed by atoms with Crippen LogP contribution in [0.25, 0.3) is 0 Å². The quantitative estimate of drug-likeness (QED) is 0.721. The summed E-state index contributed by atoms with van der Waals surface area (Å²) in [6.45, 7) is 4.31. The molecule has 7 heteroatoms. The lowest BCUT2D eigenvalue weighted by Crippen LogP contribution is -2.52. The number of piperidine rings is 2. The van der Waals surface area contributed by atoms with Crippen molar-refractivity contribution in [1.82, 2.24) is 14.5 Å². The van der Waals surface area contributed by atoms with E-state index in [9.17, 15) is 13.2 Å². The molecule has 1 unspecified atom stereocenters. The van der Waals surface area contributed by atoms with E-state index in [1.807, 2.05) is 0 Å². The van der Waals surface area contributed by atoms with Crippen LogP contribution in [0.15, 0.2) is 35.2 Å². The van der Waals surface area contributed by atoms with E-state index in [2.05, 4.69) is 10.2 Å². The van der Waals surface area contributed by atoms with E-state index in [1.54, 1.807) is 30.3 Å². The molecule has 1 N–H and O–H groups in total. The third kappa shape index (κ3) is 5.30. The molecule has 0 aliphatic carbocycles. The maximum atomic E-state index is 13.0. The topological polar surface area (TPSA) is 69.7 Å². The van der Waals surface area contributed by atoms with Crippen molar-refractivity contribution in [2.75, 3.05) is 32.7 Å². The van der Waals surface area contributed by atoms with Crippen LogP contribution < -0.4 is 5.32 Å². The number of carbonyl (C=O) groups is 1. The molecule has 1 aromatic rings. The summed E-state index contributed by atoms with van der Waals surface area (Å²) in [5.74, 6) is -0.159. The molecule has 27 heavy (non-hydrogen) atoms. The number of nitrogens with one attached hydrogen (secondary N) is 1. The minimum Gasteiger partial charge on any atom is -0.355 e. The Labute approximate surface area is 163 Å². The monoisotopic (exact) mass is 393 g/mol. The van der Waals surface area contributed by atoms with Crippen LogP contribution in [0.3, 0.4) is 0 Å². The van der Waals surface area contributed by atoms with E-state index >= 15 is 0 Å². The van der Waals surface area contributed by atoms with Crippen molar-refractivity contribution in [3.63, 3.8) is 0 Å². The summed E-state index contributed by atoms with van der Waals surface area (Å²) < 4.78 is 27.4. The van der Waals surface area contributed by atoms with Crippen molar-refractivity contribution in [2.24, 2.45) is 0 Å². The summed E-state index contributed by atoms with van der Waals surface area (Å²) in [5.41, 5.74) is 0. The van der Waals surface area contributed by atoms with Gasteiger partial charge in [0.15, 0.2) is 0 Å². The number of sulfonamides is 1. The van der Waals surface area contributed by atoms with Gasteiger partial charge in [-0.25, -0.2) is 8.42 Å². The first kappa shape index (κ1) is 20.3. The Kier molecular flexibility index (Phi) is 7.26. The van der Waals surface area contributed by atoms with E-state index in [4.69, 9.17) is 0 Å². The number of likely N-dealkylation sites (tertiary alicyclic amines) is 1. The van der Waals surface area contributed by atoms with Crippen LogP contribution in [0.4, 0.5) is 0 Å². The van der Waals surface area contributed by atoms with E-state index in [0.29, 0.717) is 19.5 Å². The molecule has 1 atom stereocenters. The molecule has 0 aromatic heterocycles. The predicted octanol–water partition coefficient (Wildman–Crippen LogP) is 2.22. The maximum absolute atomic E-state index is 13.0. The van der Waals surface area contributed by atoms with Gasteiger partial charge in [0, 0.05) is 13.1 Å². The molecule has 0 bridgehead atoms. The Morgan fingerprint density at radius 2 is 1.70 bits per heavy atom. The number of hydrogen-bond acceptors (Lipinski definition) is 4. The highest BCUT2D eigenvalue weighted by Crippen LogP contribution is 2.25. The highest BCUT2D eigenvalue weighted by Gasteiger charge is 2.37. The maximum Gasteiger partial charge on any atom is 0.243 e. The zero-order chi connectivity index (χ0) is 19.1. The second-order valence-electron chi connectivity index (χ2n) is 7.49. The molecule has 0 saturated carbocycles. The van der Waals surface area contributed by atoms with Crippen molar-refractivity contribution in [3.05, 3.63) is 30.3 Å². The van der Waals surface area contributed by atoms with E-state index in [1.165, 1.54) is 23.6 Å². The molecule has 0 radical (unpaired) electrons. The number of carbonyl (C=O) groups excluding carboxylic acids is 1. The van der Waals surface area contributed by atoms with Crippen LogP contribution in [-0.4, -0.2) is 62.3 Å². The van der Waals surface area contributed by atoms with Crippen molar-refractivity contribution < 1.29 is 13.2 Å². The highest BCUT2D eigenvalue weighted by atomic mass is 32.2. The van der Waals surface area contributed by atoms with Gasteiger partial charge in [0.05, 0.1) is 4.90 Å². The van der Waals surface area contributed by atoms with Gasteiger partial charge in [-0.2, -0.15) is 4.31 Å². The van der Waals surface area contributed by atoms with Gasteiger partial charge >= 0.3 is 0 Å². The fourth-order valence-corrected chi connectivity index (χ4v) is 5.68. The van der Waals surface area contributed by atoms with Crippen LogP contribution in [0, 0.1) is 0 Å².